The Bertz CT molecular complexity index is 1130. The van der Waals surface area contributed by atoms with Crippen LogP contribution >= 0.6 is 11.8 Å². The van der Waals surface area contributed by atoms with Crippen molar-refractivity contribution in [3.63, 3.8) is 0 Å². The van der Waals surface area contributed by atoms with E-state index in [0.29, 0.717) is 24.5 Å². The van der Waals surface area contributed by atoms with E-state index in [4.69, 9.17) is 4.74 Å². The van der Waals surface area contributed by atoms with Gasteiger partial charge in [-0.15, -0.1) is 11.8 Å². The van der Waals surface area contributed by atoms with E-state index in [9.17, 15) is 19.5 Å². The number of ether oxygens (including phenoxy) is 1. The Kier molecular flexibility index (Phi) is 5.71. The van der Waals surface area contributed by atoms with Gasteiger partial charge in [0.25, 0.3) is 0 Å². The summed E-state index contributed by atoms with van der Waals surface area (Å²) in [4.78, 5) is 39.0. The number of benzene rings is 2. The van der Waals surface area contributed by atoms with Crippen molar-refractivity contribution < 1.29 is 24.2 Å². The number of nitrogens with one attached hydrogen (secondary N) is 1. The van der Waals surface area contributed by atoms with Crippen molar-refractivity contribution >= 4 is 29.7 Å². The van der Waals surface area contributed by atoms with E-state index >= 15 is 0 Å². The van der Waals surface area contributed by atoms with Gasteiger partial charge in [0.2, 0.25) is 5.91 Å². The number of amides is 2. The zero-order valence-electron chi connectivity index (χ0n) is 19.3. The predicted octanol–water partition coefficient (Wildman–Crippen LogP) is 4.07. The Balaban J connectivity index is 1.03. The Hall–Kier alpha value is -3.00. The maximum absolute atomic E-state index is 13.2. The molecule has 2 unspecified atom stereocenters. The molecule has 2 amide bonds. The second-order valence-corrected chi connectivity index (χ2v) is 11.1. The third-order valence-corrected chi connectivity index (χ3v) is 9.21. The first-order valence-electron chi connectivity index (χ1n) is 12.3. The van der Waals surface area contributed by atoms with Crippen LogP contribution in [0.15, 0.2) is 48.5 Å². The average molecular weight is 493 g/mol. The molecule has 2 aromatic rings. The molecule has 0 radical (unpaired) electrons. The maximum atomic E-state index is 13.2. The van der Waals surface area contributed by atoms with Gasteiger partial charge in [0.1, 0.15) is 12.6 Å². The summed E-state index contributed by atoms with van der Waals surface area (Å²) >= 11 is 1.59. The molecule has 4 aliphatic rings. The lowest BCUT2D eigenvalue weighted by Crippen LogP contribution is -2.54. The molecule has 2 N–H and O–H groups in total. The van der Waals surface area contributed by atoms with Crippen LogP contribution in [0.4, 0.5) is 4.79 Å². The van der Waals surface area contributed by atoms with Crippen molar-refractivity contribution in [2.24, 2.45) is 11.8 Å². The first-order valence-corrected chi connectivity index (χ1v) is 13.3. The predicted molar refractivity (Wildman–Crippen MR) is 132 cm³/mol. The van der Waals surface area contributed by atoms with Crippen LogP contribution < -0.4 is 5.32 Å². The summed E-state index contributed by atoms with van der Waals surface area (Å²) in [5, 5.41) is 12.5. The van der Waals surface area contributed by atoms with E-state index in [2.05, 4.69) is 29.6 Å². The number of carboxylic acid groups (broad SMARTS) is 1. The molecule has 35 heavy (non-hydrogen) atoms. The third kappa shape index (κ3) is 4.07. The van der Waals surface area contributed by atoms with E-state index in [-0.39, 0.29) is 35.8 Å². The van der Waals surface area contributed by atoms with Gasteiger partial charge in [-0.3, -0.25) is 4.79 Å². The monoisotopic (exact) mass is 492 g/mol. The van der Waals surface area contributed by atoms with Crippen LogP contribution in [0.3, 0.4) is 0 Å². The molecule has 2 aromatic carbocycles. The molecule has 182 valence electrons. The highest BCUT2D eigenvalue weighted by Gasteiger charge is 2.51. The van der Waals surface area contributed by atoms with Gasteiger partial charge in [0, 0.05) is 23.6 Å². The Labute approximate surface area is 208 Å². The van der Waals surface area contributed by atoms with Crippen molar-refractivity contribution in [1.82, 2.24) is 10.2 Å². The zero-order valence-corrected chi connectivity index (χ0v) is 20.1. The normalized spacial score (nSPS) is 27.0. The van der Waals surface area contributed by atoms with Gasteiger partial charge in [-0.2, -0.15) is 0 Å². The summed E-state index contributed by atoms with van der Waals surface area (Å²) in [7, 11) is 0. The molecule has 3 aliphatic carbocycles. The van der Waals surface area contributed by atoms with Crippen molar-refractivity contribution in [2.75, 3.05) is 12.4 Å². The van der Waals surface area contributed by atoms with Gasteiger partial charge >= 0.3 is 12.1 Å². The van der Waals surface area contributed by atoms with E-state index < -0.39 is 18.1 Å². The number of rotatable bonds is 6. The molecular formula is C27H28N2O5S. The number of carbonyl (C=O) groups is 3. The fourth-order valence-electron chi connectivity index (χ4n) is 5.70. The number of thioether (sulfide) groups is 1. The summed E-state index contributed by atoms with van der Waals surface area (Å²) in [5.41, 5.74) is 4.69. The van der Waals surface area contributed by atoms with Crippen LogP contribution in [0.2, 0.25) is 0 Å². The first kappa shape index (κ1) is 22.5. The average Bonchev–Trinajstić information content (AvgIpc) is 3.50. The van der Waals surface area contributed by atoms with Crippen LogP contribution in [-0.4, -0.2) is 57.8 Å². The smallest absolute Gasteiger partial charge is 0.407 e. The number of alkyl carbamates (subject to hydrolysis) is 1. The minimum Gasteiger partial charge on any atom is -0.480 e. The van der Waals surface area contributed by atoms with E-state index in [1.165, 1.54) is 11.1 Å². The van der Waals surface area contributed by atoms with Crippen LogP contribution in [0.5, 0.6) is 0 Å². The lowest BCUT2D eigenvalue weighted by atomic mass is 9.79. The second-order valence-electron chi connectivity index (χ2n) is 10.00. The summed E-state index contributed by atoms with van der Waals surface area (Å²) < 4.78 is 5.62. The molecular weight excluding hydrogens is 464 g/mol. The van der Waals surface area contributed by atoms with Crippen molar-refractivity contribution in [3.8, 4) is 11.1 Å². The number of carboxylic acids is 1. The molecule has 8 heteroatoms. The third-order valence-electron chi connectivity index (χ3n) is 7.75. The number of hydrogen-bond donors (Lipinski definition) is 2. The lowest BCUT2D eigenvalue weighted by Gasteiger charge is -2.39. The van der Waals surface area contributed by atoms with Crippen molar-refractivity contribution in [2.45, 2.75) is 49.1 Å². The number of aliphatic carboxylic acids is 1. The molecule has 1 heterocycles. The quantitative estimate of drug-likeness (QED) is 0.631. The molecule has 6 rings (SSSR count). The molecule has 2 atom stereocenters. The highest BCUT2D eigenvalue weighted by molar-refractivity contribution is 8.00. The fraction of sp³-hybridized carbons (Fsp3) is 0.444. The van der Waals surface area contributed by atoms with Crippen LogP contribution in [0.25, 0.3) is 11.1 Å². The largest absolute Gasteiger partial charge is 0.480 e. The molecule has 1 saturated heterocycles. The van der Waals surface area contributed by atoms with Gasteiger partial charge in [0.05, 0.1) is 5.37 Å². The summed E-state index contributed by atoms with van der Waals surface area (Å²) in [6, 6.07) is 15.5. The summed E-state index contributed by atoms with van der Waals surface area (Å²) in [6.45, 7) is 0.253. The van der Waals surface area contributed by atoms with Gasteiger partial charge in [-0.1, -0.05) is 48.5 Å². The SMILES string of the molecule is O=C(NC1CC(C(=O)N2C(C(=O)O)CSC2C2CC2)C1)OCC1c2ccccc2-c2ccccc21. The number of hydrogen-bond acceptors (Lipinski definition) is 5. The first-order chi connectivity index (χ1) is 17.0. The van der Waals surface area contributed by atoms with Crippen molar-refractivity contribution in [1.29, 1.82) is 0 Å². The van der Waals surface area contributed by atoms with Crippen LogP contribution in [-0.2, 0) is 14.3 Å². The summed E-state index contributed by atoms with van der Waals surface area (Å²) in [6.07, 6.45) is 2.69. The minimum absolute atomic E-state index is 0.00356. The molecule has 0 bridgehead atoms. The molecule has 0 aromatic heterocycles. The van der Waals surface area contributed by atoms with E-state index in [1.807, 2.05) is 24.3 Å². The maximum Gasteiger partial charge on any atom is 0.407 e. The molecule has 2 saturated carbocycles. The minimum atomic E-state index is -0.929. The Morgan fingerprint density at radius 1 is 1.00 bits per heavy atom. The highest BCUT2D eigenvalue weighted by atomic mass is 32.2. The molecule has 1 aliphatic heterocycles. The number of carbonyl (C=O) groups excluding carboxylic acids is 2. The van der Waals surface area contributed by atoms with Crippen LogP contribution in [0.1, 0.15) is 42.7 Å². The number of nitrogens with zero attached hydrogens (tertiary/aromatic N) is 1. The van der Waals surface area contributed by atoms with E-state index in [0.717, 1.165) is 24.0 Å². The summed E-state index contributed by atoms with van der Waals surface area (Å²) in [5.74, 6) is -0.370. The van der Waals surface area contributed by atoms with Gasteiger partial charge in [-0.05, 0) is 53.9 Å². The van der Waals surface area contributed by atoms with Crippen LogP contribution in [0, 0.1) is 11.8 Å². The van der Waals surface area contributed by atoms with Gasteiger partial charge in [-0.25, -0.2) is 9.59 Å². The Morgan fingerprint density at radius 3 is 2.23 bits per heavy atom. The highest BCUT2D eigenvalue weighted by Crippen LogP contribution is 2.47. The zero-order chi connectivity index (χ0) is 24.1. The lowest BCUT2D eigenvalue weighted by molar-refractivity contribution is -0.153. The van der Waals surface area contributed by atoms with E-state index in [1.54, 1.807) is 16.7 Å². The topological polar surface area (TPSA) is 95.9 Å². The molecule has 7 nitrogen and oxygen atoms in total. The van der Waals surface area contributed by atoms with Crippen molar-refractivity contribution in [3.05, 3.63) is 59.7 Å². The Morgan fingerprint density at radius 2 is 1.63 bits per heavy atom. The number of fused-ring (bicyclic) bond motifs is 3. The van der Waals surface area contributed by atoms with Gasteiger partial charge in [0.15, 0.2) is 0 Å². The molecule has 0 spiro atoms. The molecule has 3 fully saturated rings. The fourth-order valence-corrected chi connectivity index (χ4v) is 7.33. The van der Waals surface area contributed by atoms with Gasteiger partial charge < -0.3 is 20.1 Å². The standard InChI is InChI=1S/C27H28N2O5S/c30-24(29-23(26(31)32)14-35-25(29)15-9-10-15)16-11-17(12-16)28-27(33)34-13-22-20-7-3-1-5-18(20)19-6-2-4-8-21(19)22/h1-8,15-17,22-23,25H,9-14H2,(H,28,33)(H,31,32). The second kappa shape index (κ2) is 8.90.